The van der Waals surface area contributed by atoms with Gasteiger partial charge in [-0.25, -0.2) is 8.78 Å². The number of rotatable bonds is 4. The fourth-order valence-corrected chi connectivity index (χ4v) is 2.64. The van der Waals surface area contributed by atoms with Crippen molar-refractivity contribution in [1.29, 1.82) is 0 Å². The van der Waals surface area contributed by atoms with Gasteiger partial charge in [-0.3, -0.25) is 4.79 Å². The lowest BCUT2D eigenvalue weighted by Gasteiger charge is -2.36. The van der Waals surface area contributed by atoms with Crippen LogP contribution in [0.15, 0.2) is 0 Å². The van der Waals surface area contributed by atoms with Gasteiger partial charge in [-0.2, -0.15) is 0 Å². The highest BCUT2D eigenvalue weighted by molar-refractivity contribution is 7.99. The van der Waals surface area contributed by atoms with Crippen LogP contribution in [0.1, 0.15) is 6.42 Å². The number of carboxylic acid groups (broad SMARTS) is 1. The van der Waals surface area contributed by atoms with E-state index < -0.39 is 17.8 Å². The number of thioether (sulfide) groups is 1. The summed E-state index contributed by atoms with van der Waals surface area (Å²) in [5.41, 5.74) is 0. The monoisotopic (exact) mass is 239 g/mol. The summed E-state index contributed by atoms with van der Waals surface area (Å²) in [6.07, 6.45) is 0.441. The van der Waals surface area contributed by atoms with Crippen LogP contribution in [0, 0.1) is 5.92 Å². The molecule has 1 unspecified atom stereocenters. The maximum Gasteiger partial charge on any atom is 0.313 e. The summed E-state index contributed by atoms with van der Waals surface area (Å²) in [4.78, 5) is 11.8. The Kier molecular flexibility index (Phi) is 4.33. The van der Waals surface area contributed by atoms with Crippen molar-refractivity contribution >= 4 is 17.7 Å². The van der Waals surface area contributed by atoms with Gasteiger partial charge >= 0.3 is 5.97 Å². The van der Waals surface area contributed by atoms with Crippen molar-refractivity contribution in [2.75, 3.05) is 31.6 Å². The molecule has 0 aromatic carbocycles. The number of aliphatic carboxylic acids is 1. The summed E-state index contributed by atoms with van der Waals surface area (Å²) in [5, 5.41) is 8.40. The highest BCUT2D eigenvalue weighted by atomic mass is 32.2. The zero-order valence-corrected chi connectivity index (χ0v) is 9.40. The van der Waals surface area contributed by atoms with E-state index in [2.05, 4.69) is 0 Å². The van der Waals surface area contributed by atoms with Crippen LogP contribution in [-0.2, 0) is 4.79 Å². The molecule has 0 radical (unpaired) electrons. The predicted molar refractivity (Wildman–Crippen MR) is 55.5 cm³/mol. The number of carbonyl (C=O) groups is 1. The molecule has 3 nitrogen and oxygen atoms in total. The molecule has 1 aliphatic rings. The van der Waals surface area contributed by atoms with Gasteiger partial charge in [0.2, 0.25) is 0 Å². The van der Waals surface area contributed by atoms with Crippen LogP contribution in [0.5, 0.6) is 0 Å². The van der Waals surface area contributed by atoms with E-state index in [0.717, 1.165) is 11.8 Å². The first-order valence-corrected chi connectivity index (χ1v) is 5.93. The van der Waals surface area contributed by atoms with E-state index in [9.17, 15) is 13.6 Å². The Balaban J connectivity index is 2.37. The first-order chi connectivity index (χ1) is 6.92. The smallest absolute Gasteiger partial charge is 0.313 e. The Morgan fingerprint density at radius 1 is 1.67 bits per heavy atom. The van der Waals surface area contributed by atoms with Crippen LogP contribution in [0.25, 0.3) is 0 Å². The van der Waals surface area contributed by atoms with Crippen LogP contribution in [0.4, 0.5) is 8.78 Å². The van der Waals surface area contributed by atoms with Crippen molar-refractivity contribution in [2.45, 2.75) is 12.3 Å². The van der Waals surface area contributed by atoms with E-state index in [1.54, 1.807) is 11.9 Å². The molecule has 1 rings (SSSR count). The second kappa shape index (κ2) is 5.12. The van der Waals surface area contributed by atoms with E-state index in [1.807, 2.05) is 0 Å². The van der Waals surface area contributed by atoms with Crippen LogP contribution in [0.2, 0.25) is 0 Å². The standard InChI is InChI=1S/C9H15F2NO2S/c1-12-3-2-7(9(10,11)6-12)4-15-5-8(13)14/h7H,2-6H2,1H3,(H,13,14). The number of halogens is 2. The fourth-order valence-electron chi connectivity index (χ4n) is 1.65. The normalized spacial score (nSPS) is 26.5. The van der Waals surface area contributed by atoms with Gasteiger partial charge in [0.15, 0.2) is 0 Å². The number of hydrogen-bond acceptors (Lipinski definition) is 3. The van der Waals surface area contributed by atoms with Crippen molar-refractivity contribution in [3.63, 3.8) is 0 Å². The first kappa shape index (κ1) is 12.7. The molecule has 0 amide bonds. The van der Waals surface area contributed by atoms with E-state index >= 15 is 0 Å². The van der Waals surface area contributed by atoms with Gasteiger partial charge in [-0.15, -0.1) is 11.8 Å². The van der Waals surface area contributed by atoms with Crippen LogP contribution in [0.3, 0.4) is 0 Å². The molecule has 6 heteroatoms. The van der Waals surface area contributed by atoms with Crippen molar-refractivity contribution in [1.82, 2.24) is 4.90 Å². The molecule has 1 fully saturated rings. The molecule has 1 heterocycles. The molecule has 0 aromatic rings. The quantitative estimate of drug-likeness (QED) is 0.805. The minimum absolute atomic E-state index is 0.0948. The summed E-state index contributed by atoms with van der Waals surface area (Å²) in [5.74, 6) is -4.18. The molecule has 0 bridgehead atoms. The molecule has 0 saturated carbocycles. The molecule has 1 N–H and O–H groups in total. The Morgan fingerprint density at radius 2 is 2.33 bits per heavy atom. The van der Waals surface area contributed by atoms with Crippen LogP contribution >= 0.6 is 11.8 Å². The third-order valence-electron chi connectivity index (χ3n) is 2.48. The number of likely N-dealkylation sites (tertiary alicyclic amines) is 1. The Labute approximate surface area is 91.8 Å². The number of carboxylic acids is 1. The molecule has 0 aliphatic carbocycles. The van der Waals surface area contributed by atoms with E-state index in [-0.39, 0.29) is 18.1 Å². The van der Waals surface area contributed by atoms with Crippen molar-refractivity contribution < 1.29 is 18.7 Å². The average Bonchev–Trinajstić information content (AvgIpc) is 2.07. The van der Waals surface area contributed by atoms with E-state index in [0.29, 0.717) is 13.0 Å². The van der Waals surface area contributed by atoms with Gasteiger partial charge in [0.1, 0.15) is 0 Å². The molecule has 1 aliphatic heterocycles. The van der Waals surface area contributed by atoms with Gasteiger partial charge in [0.25, 0.3) is 5.92 Å². The lowest BCUT2D eigenvalue weighted by molar-refractivity contribution is -0.134. The van der Waals surface area contributed by atoms with E-state index in [1.165, 1.54) is 0 Å². The molecule has 88 valence electrons. The second-order valence-corrected chi connectivity index (χ2v) is 4.92. The van der Waals surface area contributed by atoms with Gasteiger partial charge in [-0.1, -0.05) is 0 Å². The minimum atomic E-state index is -2.68. The first-order valence-electron chi connectivity index (χ1n) is 4.77. The van der Waals surface area contributed by atoms with Crippen LogP contribution < -0.4 is 0 Å². The summed E-state index contributed by atoms with van der Waals surface area (Å²) >= 11 is 1.07. The molecule has 1 saturated heterocycles. The number of alkyl halides is 2. The fraction of sp³-hybridized carbons (Fsp3) is 0.889. The van der Waals surface area contributed by atoms with Gasteiger partial charge in [0.05, 0.1) is 12.3 Å². The maximum absolute atomic E-state index is 13.4. The Hall–Kier alpha value is -0.360. The van der Waals surface area contributed by atoms with Crippen molar-refractivity contribution in [2.24, 2.45) is 5.92 Å². The predicted octanol–water partition coefficient (Wildman–Crippen LogP) is 1.39. The lowest BCUT2D eigenvalue weighted by Crippen LogP contribution is -2.47. The largest absolute Gasteiger partial charge is 0.481 e. The summed E-state index contributed by atoms with van der Waals surface area (Å²) in [6, 6.07) is 0. The molecular weight excluding hydrogens is 224 g/mol. The molecular formula is C9H15F2NO2S. The van der Waals surface area contributed by atoms with Crippen molar-refractivity contribution in [3.05, 3.63) is 0 Å². The summed E-state index contributed by atoms with van der Waals surface area (Å²) < 4.78 is 26.9. The summed E-state index contributed by atoms with van der Waals surface area (Å²) in [6.45, 7) is 0.444. The van der Waals surface area contributed by atoms with Crippen LogP contribution in [-0.4, -0.2) is 53.5 Å². The second-order valence-electron chi connectivity index (χ2n) is 3.89. The SMILES string of the molecule is CN1CCC(CSCC(=O)O)C(F)(F)C1. The number of nitrogens with zero attached hydrogens (tertiary/aromatic N) is 1. The lowest BCUT2D eigenvalue weighted by atomic mass is 9.95. The van der Waals surface area contributed by atoms with Gasteiger partial charge < -0.3 is 10.0 Å². The topological polar surface area (TPSA) is 40.5 Å². The Bertz CT molecular complexity index is 238. The Morgan fingerprint density at radius 3 is 2.87 bits per heavy atom. The highest BCUT2D eigenvalue weighted by Crippen LogP contribution is 2.34. The zero-order chi connectivity index (χ0) is 11.5. The third kappa shape index (κ3) is 3.95. The molecule has 15 heavy (non-hydrogen) atoms. The molecule has 0 aromatic heterocycles. The van der Waals surface area contributed by atoms with E-state index in [4.69, 9.17) is 5.11 Å². The minimum Gasteiger partial charge on any atom is -0.481 e. The average molecular weight is 239 g/mol. The van der Waals surface area contributed by atoms with Gasteiger partial charge in [-0.05, 0) is 20.0 Å². The molecule has 1 atom stereocenters. The summed E-state index contributed by atoms with van der Waals surface area (Å²) in [7, 11) is 1.68. The number of hydrogen-bond donors (Lipinski definition) is 1. The van der Waals surface area contributed by atoms with Crippen molar-refractivity contribution in [3.8, 4) is 0 Å². The molecule has 0 spiro atoms. The highest BCUT2D eigenvalue weighted by Gasteiger charge is 2.43. The zero-order valence-electron chi connectivity index (χ0n) is 8.58. The maximum atomic E-state index is 13.4. The third-order valence-corrected chi connectivity index (χ3v) is 3.57. The number of piperidine rings is 1. The van der Waals surface area contributed by atoms with Gasteiger partial charge in [0, 0.05) is 11.7 Å².